The van der Waals surface area contributed by atoms with E-state index in [2.05, 4.69) is 26.6 Å². The van der Waals surface area contributed by atoms with E-state index >= 15 is 0 Å². The summed E-state index contributed by atoms with van der Waals surface area (Å²) in [6.45, 7) is 2.04. The SMILES string of the molecule is COCCNCc1ccc(OCC(=O)NCC#N)c(Br)c1. The Morgan fingerprint density at radius 3 is 2.95 bits per heavy atom. The topological polar surface area (TPSA) is 83.4 Å². The highest BCUT2D eigenvalue weighted by atomic mass is 79.9. The van der Waals surface area contributed by atoms with E-state index in [1.54, 1.807) is 13.2 Å². The first-order valence-corrected chi connectivity index (χ1v) is 7.21. The molecule has 0 aliphatic heterocycles. The van der Waals surface area contributed by atoms with Crippen LogP contribution < -0.4 is 15.4 Å². The van der Waals surface area contributed by atoms with Crippen LogP contribution in [0.1, 0.15) is 5.56 Å². The van der Waals surface area contributed by atoms with Crippen molar-refractivity contribution in [2.45, 2.75) is 6.54 Å². The molecule has 0 bridgehead atoms. The number of methoxy groups -OCH3 is 1. The van der Waals surface area contributed by atoms with Crippen LogP contribution in [0.3, 0.4) is 0 Å². The number of amides is 1. The zero-order chi connectivity index (χ0) is 15.5. The molecule has 1 aromatic carbocycles. The Balaban J connectivity index is 2.43. The molecule has 114 valence electrons. The van der Waals surface area contributed by atoms with Crippen LogP contribution in [0.4, 0.5) is 0 Å². The average molecular weight is 356 g/mol. The zero-order valence-corrected chi connectivity index (χ0v) is 13.4. The van der Waals surface area contributed by atoms with Crippen LogP contribution in [0.15, 0.2) is 22.7 Å². The summed E-state index contributed by atoms with van der Waals surface area (Å²) in [5, 5.41) is 14.0. The monoisotopic (exact) mass is 355 g/mol. The summed E-state index contributed by atoms with van der Waals surface area (Å²) in [6, 6.07) is 7.49. The van der Waals surface area contributed by atoms with Crippen molar-refractivity contribution in [1.29, 1.82) is 5.26 Å². The van der Waals surface area contributed by atoms with Gasteiger partial charge in [-0.3, -0.25) is 4.79 Å². The highest BCUT2D eigenvalue weighted by Gasteiger charge is 2.06. The second-order valence-electron chi connectivity index (χ2n) is 4.16. The molecule has 7 heteroatoms. The molecule has 6 nitrogen and oxygen atoms in total. The number of nitriles is 1. The van der Waals surface area contributed by atoms with Gasteiger partial charge < -0.3 is 20.1 Å². The van der Waals surface area contributed by atoms with Crippen LogP contribution >= 0.6 is 15.9 Å². The van der Waals surface area contributed by atoms with Crippen molar-refractivity contribution in [3.05, 3.63) is 28.2 Å². The lowest BCUT2D eigenvalue weighted by atomic mass is 10.2. The molecule has 2 N–H and O–H groups in total. The third-order valence-corrected chi connectivity index (χ3v) is 3.15. The van der Waals surface area contributed by atoms with Crippen LogP contribution in [0, 0.1) is 11.3 Å². The molecule has 0 spiro atoms. The number of benzene rings is 1. The minimum absolute atomic E-state index is 0.0184. The van der Waals surface area contributed by atoms with Gasteiger partial charge in [0.15, 0.2) is 6.61 Å². The first-order chi connectivity index (χ1) is 10.2. The largest absolute Gasteiger partial charge is 0.483 e. The van der Waals surface area contributed by atoms with Gasteiger partial charge in [-0.2, -0.15) is 5.26 Å². The Hall–Kier alpha value is -1.62. The van der Waals surface area contributed by atoms with Gasteiger partial charge in [0.05, 0.1) is 17.1 Å². The second-order valence-corrected chi connectivity index (χ2v) is 5.01. The molecule has 0 radical (unpaired) electrons. The predicted octanol–water partition coefficient (Wildman–Crippen LogP) is 1.20. The first-order valence-electron chi connectivity index (χ1n) is 6.42. The third-order valence-electron chi connectivity index (χ3n) is 2.53. The third kappa shape index (κ3) is 7.09. The van der Waals surface area contributed by atoms with Gasteiger partial charge in [0.2, 0.25) is 0 Å². The fraction of sp³-hybridized carbons (Fsp3) is 0.429. The molecule has 0 atom stereocenters. The van der Waals surface area contributed by atoms with Crippen molar-refractivity contribution in [2.24, 2.45) is 0 Å². The number of hydrogen-bond acceptors (Lipinski definition) is 5. The molecule has 0 aliphatic rings. The van der Waals surface area contributed by atoms with Gasteiger partial charge in [-0.15, -0.1) is 0 Å². The average Bonchev–Trinajstić information content (AvgIpc) is 2.48. The number of halogens is 1. The quantitative estimate of drug-likeness (QED) is 0.513. The molecule has 21 heavy (non-hydrogen) atoms. The van der Waals surface area contributed by atoms with Crippen molar-refractivity contribution in [2.75, 3.05) is 33.4 Å². The Kier molecular flexibility index (Phi) is 8.43. The standard InChI is InChI=1S/C14H18BrN3O3/c1-20-7-6-17-9-11-2-3-13(12(15)8-11)21-10-14(19)18-5-4-16/h2-3,8,17H,5-7,9-10H2,1H3,(H,18,19). The van der Waals surface area contributed by atoms with Gasteiger partial charge in [0.25, 0.3) is 5.91 Å². The van der Waals surface area contributed by atoms with E-state index in [4.69, 9.17) is 14.7 Å². The summed E-state index contributed by atoms with van der Waals surface area (Å²) in [4.78, 5) is 11.3. The Morgan fingerprint density at radius 1 is 1.48 bits per heavy atom. The lowest BCUT2D eigenvalue weighted by molar-refractivity contribution is -0.122. The number of carbonyl (C=O) groups excluding carboxylic acids is 1. The maximum atomic E-state index is 11.3. The summed E-state index contributed by atoms with van der Waals surface area (Å²) >= 11 is 3.41. The number of ether oxygens (including phenoxy) is 2. The van der Waals surface area contributed by atoms with Crippen molar-refractivity contribution in [3.63, 3.8) is 0 Å². The van der Waals surface area contributed by atoms with Gasteiger partial charge >= 0.3 is 0 Å². The summed E-state index contributed by atoms with van der Waals surface area (Å²) in [5.74, 6) is 0.261. The van der Waals surface area contributed by atoms with Crippen molar-refractivity contribution >= 4 is 21.8 Å². The van der Waals surface area contributed by atoms with Gasteiger partial charge in [-0.1, -0.05) is 6.07 Å². The van der Waals surface area contributed by atoms with E-state index < -0.39 is 0 Å². The summed E-state index contributed by atoms with van der Waals surface area (Å²) in [7, 11) is 1.66. The second kappa shape index (κ2) is 10.2. The number of carbonyl (C=O) groups is 1. The molecule has 0 unspecified atom stereocenters. The molecule has 1 rings (SSSR count). The smallest absolute Gasteiger partial charge is 0.258 e. The zero-order valence-electron chi connectivity index (χ0n) is 11.8. The van der Waals surface area contributed by atoms with Crippen LogP contribution in [0.5, 0.6) is 5.75 Å². The molecule has 0 fully saturated rings. The summed E-state index contributed by atoms with van der Waals surface area (Å²) in [5.41, 5.74) is 1.10. The minimum Gasteiger partial charge on any atom is -0.483 e. The molecule has 0 heterocycles. The summed E-state index contributed by atoms with van der Waals surface area (Å²) < 4.78 is 11.1. The molecule has 0 aromatic heterocycles. The summed E-state index contributed by atoms with van der Waals surface area (Å²) in [6.07, 6.45) is 0. The normalized spacial score (nSPS) is 9.95. The molecular formula is C14H18BrN3O3. The molecule has 1 aromatic rings. The number of hydrogen-bond donors (Lipinski definition) is 2. The highest BCUT2D eigenvalue weighted by Crippen LogP contribution is 2.25. The number of nitrogens with zero attached hydrogens (tertiary/aromatic N) is 1. The highest BCUT2D eigenvalue weighted by molar-refractivity contribution is 9.10. The first kappa shape index (κ1) is 17.4. The maximum absolute atomic E-state index is 11.3. The number of rotatable bonds is 9. The van der Waals surface area contributed by atoms with E-state index in [0.717, 1.165) is 23.1 Å². The minimum atomic E-state index is -0.325. The van der Waals surface area contributed by atoms with Gasteiger partial charge in [0, 0.05) is 20.2 Å². The maximum Gasteiger partial charge on any atom is 0.258 e. The van der Waals surface area contributed by atoms with Crippen molar-refractivity contribution in [1.82, 2.24) is 10.6 Å². The Bertz CT molecular complexity index is 503. The van der Waals surface area contributed by atoms with E-state index in [0.29, 0.717) is 12.4 Å². The molecule has 1 amide bonds. The Labute approximate surface area is 132 Å². The van der Waals surface area contributed by atoms with Crippen LogP contribution in [0.25, 0.3) is 0 Å². The van der Waals surface area contributed by atoms with E-state index in [1.807, 2.05) is 18.2 Å². The van der Waals surface area contributed by atoms with E-state index in [9.17, 15) is 4.79 Å². The lowest BCUT2D eigenvalue weighted by Gasteiger charge is -2.10. The van der Waals surface area contributed by atoms with E-state index in [-0.39, 0.29) is 19.1 Å². The van der Waals surface area contributed by atoms with Gasteiger partial charge in [-0.05, 0) is 33.6 Å². The van der Waals surface area contributed by atoms with Crippen molar-refractivity contribution in [3.8, 4) is 11.8 Å². The predicted molar refractivity (Wildman–Crippen MR) is 81.8 cm³/mol. The lowest BCUT2D eigenvalue weighted by Crippen LogP contribution is -2.29. The fourth-order valence-electron chi connectivity index (χ4n) is 1.51. The van der Waals surface area contributed by atoms with Crippen LogP contribution in [-0.4, -0.2) is 39.3 Å². The molecule has 0 aliphatic carbocycles. The molecular weight excluding hydrogens is 338 g/mol. The van der Waals surface area contributed by atoms with Crippen molar-refractivity contribution < 1.29 is 14.3 Å². The number of nitrogens with one attached hydrogen (secondary N) is 2. The van der Waals surface area contributed by atoms with Gasteiger partial charge in [0.1, 0.15) is 12.3 Å². The molecule has 0 saturated carbocycles. The van der Waals surface area contributed by atoms with E-state index in [1.165, 1.54) is 0 Å². The van der Waals surface area contributed by atoms with Gasteiger partial charge in [-0.25, -0.2) is 0 Å². The van der Waals surface area contributed by atoms with Crippen LogP contribution in [-0.2, 0) is 16.1 Å². The molecule has 0 saturated heterocycles. The van der Waals surface area contributed by atoms with Crippen LogP contribution in [0.2, 0.25) is 0 Å². The fourth-order valence-corrected chi connectivity index (χ4v) is 2.05. The Morgan fingerprint density at radius 2 is 2.29 bits per heavy atom.